The number of nitrogens with one attached hydrogen (secondary N) is 1. The standard InChI is InChI=1S/C9H19NO/c1-4-9(7-11)10-6-5-8(2)3/h5,9-11H,4,6-7H2,1-3H3. The van der Waals surface area contributed by atoms with E-state index >= 15 is 0 Å². The molecule has 0 aliphatic carbocycles. The lowest BCUT2D eigenvalue weighted by atomic mass is 10.2. The largest absolute Gasteiger partial charge is 0.395 e. The Labute approximate surface area is 69.3 Å². The summed E-state index contributed by atoms with van der Waals surface area (Å²) in [6, 6.07) is 0.255. The fourth-order valence-electron chi connectivity index (χ4n) is 0.768. The van der Waals surface area contributed by atoms with Crippen molar-refractivity contribution >= 4 is 0 Å². The molecule has 1 unspecified atom stereocenters. The van der Waals surface area contributed by atoms with Gasteiger partial charge < -0.3 is 10.4 Å². The summed E-state index contributed by atoms with van der Waals surface area (Å²) < 4.78 is 0. The monoisotopic (exact) mass is 157 g/mol. The molecule has 0 amide bonds. The second-order valence-corrected chi connectivity index (χ2v) is 2.98. The molecule has 0 aliphatic heterocycles. The van der Waals surface area contributed by atoms with E-state index in [0.717, 1.165) is 13.0 Å². The Morgan fingerprint density at radius 2 is 2.18 bits per heavy atom. The van der Waals surface area contributed by atoms with Crippen molar-refractivity contribution in [1.29, 1.82) is 0 Å². The predicted molar refractivity (Wildman–Crippen MR) is 48.6 cm³/mol. The molecule has 0 rings (SSSR count). The topological polar surface area (TPSA) is 32.3 Å². The number of allylic oxidation sites excluding steroid dienone is 1. The van der Waals surface area contributed by atoms with E-state index in [0.29, 0.717) is 0 Å². The molecule has 0 aromatic heterocycles. The van der Waals surface area contributed by atoms with Crippen LogP contribution in [0.5, 0.6) is 0 Å². The van der Waals surface area contributed by atoms with Gasteiger partial charge in [-0.1, -0.05) is 18.6 Å². The van der Waals surface area contributed by atoms with Gasteiger partial charge in [0.2, 0.25) is 0 Å². The van der Waals surface area contributed by atoms with Crippen LogP contribution in [0.3, 0.4) is 0 Å². The molecule has 0 aliphatic rings. The second kappa shape index (κ2) is 6.38. The summed E-state index contributed by atoms with van der Waals surface area (Å²) >= 11 is 0. The molecular formula is C9H19NO. The molecule has 2 N–H and O–H groups in total. The van der Waals surface area contributed by atoms with Crippen molar-refractivity contribution in [2.24, 2.45) is 0 Å². The van der Waals surface area contributed by atoms with Gasteiger partial charge in [-0.2, -0.15) is 0 Å². The molecule has 0 heterocycles. The van der Waals surface area contributed by atoms with Crippen LogP contribution in [0, 0.1) is 0 Å². The Bertz CT molecular complexity index is 113. The van der Waals surface area contributed by atoms with Crippen LogP contribution < -0.4 is 5.32 Å². The highest BCUT2D eigenvalue weighted by atomic mass is 16.3. The SMILES string of the molecule is CCC(CO)NCC=C(C)C. The number of aliphatic hydroxyl groups is 1. The molecule has 0 saturated heterocycles. The summed E-state index contributed by atoms with van der Waals surface area (Å²) in [6.07, 6.45) is 3.10. The van der Waals surface area contributed by atoms with Gasteiger partial charge in [0, 0.05) is 12.6 Å². The molecule has 0 aromatic rings. The maximum Gasteiger partial charge on any atom is 0.0584 e. The maximum absolute atomic E-state index is 8.81. The fourth-order valence-corrected chi connectivity index (χ4v) is 0.768. The van der Waals surface area contributed by atoms with Crippen LogP contribution in [0.1, 0.15) is 27.2 Å². The predicted octanol–water partition coefficient (Wildman–Crippen LogP) is 1.31. The number of hydrogen-bond acceptors (Lipinski definition) is 2. The summed E-state index contributed by atoms with van der Waals surface area (Å²) in [5.74, 6) is 0. The summed E-state index contributed by atoms with van der Waals surface area (Å²) in [5.41, 5.74) is 1.31. The molecule has 1 atom stereocenters. The van der Waals surface area contributed by atoms with E-state index in [-0.39, 0.29) is 12.6 Å². The maximum atomic E-state index is 8.81. The van der Waals surface area contributed by atoms with Crippen LogP contribution >= 0.6 is 0 Å². The van der Waals surface area contributed by atoms with E-state index in [4.69, 9.17) is 5.11 Å². The Balaban J connectivity index is 3.43. The lowest BCUT2D eigenvalue weighted by molar-refractivity contribution is 0.242. The molecule has 0 bridgehead atoms. The van der Waals surface area contributed by atoms with Gasteiger partial charge in [-0.3, -0.25) is 0 Å². The van der Waals surface area contributed by atoms with Gasteiger partial charge in [0.15, 0.2) is 0 Å². The zero-order valence-corrected chi connectivity index (χ0v) is 7.72. The minimum absolute atomic E-state index is 0.229. The van der Waals surface area contributed by atoms with Crippen molar-refractivity contribution in [2.75, 3.05) is 13.2 Å². The van der Waals surface area contributed by atoms with Gasteiger partial charge in [-0.15, -0.1) is 0 Å². The lowest BCUT2D eigenvalue weighted by Gasteiger charge is -2.11. The lowest BCUT2D eigenvalue weighted by Crippen LogP contribution is -2.31. The van der Waals surface area contributed by atoms with E-state index in [1.807, 2.05) is 0 Å². The molecule has 2 nitrogen and oxygen atoms in total. The third-order valence-corrected chi connectivity index (χ3v) is 1.63. The van der Waals surface area contributed by atoms with E-state index in [2.05, 4.69) is 32.2 Å². The van der Waals surface area contributed by atoms with E-state index in [1.165, 1.54) is 5.57 Å². The zero-order chi connectivity index (χ0) is 8.69. The molecule has 2 heteroatoms. The van der Waals surface area contributed by atoms with Crippen LogP contribution in [-0.2, 0) is 0 Å². The first-order valence-electron chi connectivity index (χ1n) is 4.18. The first-order valence-corrected chi connectivity index (χ1v) is 4.18. The van der Waals surface area contributed by atoms with Crippen molar-refractivity contribution in [3.8, 4) is 0 Å². The Morgan fingerprint density at radius 1 is 1.55 bits per heavy atom. The van der Waals surface area contributed by atoms with Crippen molar-refractivity contribution in [3.63, 3.8) is 0 Å². The van der Waals surface area contributed by atoms with Crippen LogP contribution in [0.2, 0.25) is 0 Å². The van der Waals surface area contributed by atoms with Gasteiger partial charge in [0.05, 0.1) is 6.61 Å². The Morgan fingerprint density at radius 3 is 2.55 bits per heavy atom. The van der Waals surface area contributed by atoms with Crippen LogP contribution in [0.4, 0.5) is 0 Å². The van der Waals surface area contributed by atoms with Crippen molar-refractivity contribution < 1.29 is 5.11 Å². The average Bonchev–Trinajstić information content (AvgIpc) is 1.98. The number of aliphatic hydroxyl groups excluding tert-OH is 1. The molecule has 0 fully saturated rings. The highest BCUT2D eigenvalue weighted by molar-refractivity contribution is 4.94. The minimum Gasteiger partial charge on any atom is -0.395 e. The van der Waals surface area contributed by atoms with Crippen molar-refractivity contribution in [3.05, 3.63) is 11.6 Å². The van der Waals surface area contributed by atoms with E-state index in [9.17, 15) is 0 Å². The van der Waals surface area contributed by atoms with Gasteiger partial charge in [-0.25, -0.2) is 0 Å². The van der Waals surface area contributed by atoms with Crippen LogP contribution in [-0.4, -0.2) is 24.3 Å². The van der Waals surface area contributed by atoms with Crippen molar-refractivity contribution in [2.45, 2.75) is 33.2 Å². The van der Waals surface area contributed by atoms with Crippen LogP contribution in [0.15, 0.2) is 11.6 Å². The van der Waals surface area contributed by atoms with Crippen LogP contribution in [0.25, 0.3) is 0 Å². The normalized spacial score (nSPS) is 12.7. The summed E-state index contributed by atoms with van der Waals surface area (Å²) in [4.78, 5) is 0. The second-order valence-electron chi connectivity index (χ2n) is 2.98. The molecule has 0 aromatic carbocycles. The number of rotatable bonds is 5. The Kier molecular flexibility index (Phi) is 6.18. The van der Waals surface area contributed by atoms with E-state index in [1.54, 1.807) is 0 Å². The highest BCUT2D eigenvalue weighted by Gasteiger charge is 1.99. The Hall–Kier alpha value is -0.340. The van der Waals surface area contributed by atoms with Gasteiger partial charge >= 0.3 is 0 Å². The summed E-state index contributed by atoms with van der Waals surface area (Å²) in [5, 5.41) is 12.0. The summed E-state index contributed by atoms with van der Waals surface area (Å²) in [6.45, 7) is 7.30. The molecule has 66 valence electrons. The molecular weight excluding hydrogens is 138 g/mol. The molecule has 0 spiro atoms. The summed E-state index contributed by atoms with van der Waals surface area (Å²) in [7, 11) is 0. The zero-order valence-electron chi connectivity index (χ0n) is 7.72. The first-order chi connectivity index (χ1) is 5.20. The van der Waals surface area contributed by atoms with Gasteiger partial charge in [-0.05, 0) is 20.3 Å². The third-order valence-electron chi connectivity index (χ3n) is 1.63. The number of hydrogen-bond donors (Lipinski definition) is 2. The first kappa shape index (κ1) is 10.7. The minimum atomic E-state index is 0.229. The molecule has 0 saturated carbocycles. The van der Waals surface area contributed by atoms with Crippen molar-refractivity contribution in [1.82, 2.24) is 5.32 Å². The van der Waals surface area contributed by atoms with Gasteiger partial charge in [0.25, 0.3) is 0 Å². The highest BCUT2D eigenvalue weighted by Crippen LogP contribution is 1.90. The average molecular weight is 157 g/mol. The quantitative estimate of drug-likeness (QED) is 0.590. The van der Waals surface area contributed by atoms with E-state index < -0.39 is 0 Å². The smallest absolute Gasteiger partial charge is 0.0584 e. The van der Waals surface area contributed by atoms with Gasteiger partial charge in [0.1, 0.15) is 0 Å². The fraction of sp³-hybridized carbons (Fsp3) is 0.778. The molecule has 11 heavy (non-hydrogen) atoms. The third kappa shape index (κ3) is 6.07. The molecule has 0 radical (unpaired) electrons.